The second-order valence-electron chi connectivity index (χ2n) is 4.69. The van der Waals surface area contributed by atoms with Crippen molar-refractivity contribution >= 4 is 16.8 Å². The number of para-hydroxylation sites is 2. The van der Waals surface area contributed by atoms with Crippen molar-refractivity contribution in [1.82, 2.24) is 4.98 Å². The average Bonchev–Trinajstić information content (AvgIpc) is 2.90. The van der Waals surface area contributed by atoms with Gasteiger partial charge in [0, 0.05) is 18.3 Å². The second-order valence-corrected chi connectivity index (χ2v) is 4.69. The zero-order chi connectivity index (χ0) is 14.8. The van der Waals surface area contributed by atoms with E-state index < -0.39 is 11.6 Å². The maximum Gasteiger partial charge on any atom is 0.215 e. The number of aromatic nitrogens is 1. The third-order valence-corrected chi connectivity index (χ3v) is 3.31. The normalized spacial score (nSPS) is 11.0. The van der Waals surface area contributed by atoms with Gasteiger partial charge in [-0.25, -0.2) is 13.8 Å². The van der Waals surface area contributed by atoms with E-state index in [4.69, 9.17) is 4.42 Å². The third kappa shape index (κ3) is 2.72. The molecule has 0 radical (unpaired) electrons. The zero-order valence-electron chi connectivity index (χ0n) is 11.5. The Hall–Kier alpha value is -2.43. The van der Waals surface area contributed by atoms with E-state index in [1.54, 1.807) is 6.07 Å². The standard InChI is InChI=1S/C16H14F2N2O/c1-2-20(11-7-8-12(17)13(18)9-11)10-16-19-14-5-3-4-6-15(14)21-16/h3-9H,2,10H2,1H3. The molecule has 2 aromatic carbocycles. The Kier molecular flexibility index (Phi) is 3.56. The minimum atomic E-state index is -0.858. The molecule has 0 amide bonds. The number of anilines is 1. The Balaban J connectivity index is 1.88. The summed E-state index contributed by atoms with van der Waals surface area (Å²) < 4.78 is 32.0. The molecule has 0 spiro atoms. The molecule has 0 fully saturated rings. The van der Waals surface area contributed by atoms with Gasteiger partial charge in [0.2, 0.25) is 5.89 Å². The van der Waals surface area contributed by atoms with Crippen LogP contribution in [0.2, 0.25) is 0 Å². The summed E-state index contributed by atoms with van der Waals surface area (Å²) in [5.74, 6) is -1.16. The number of benzene rings is 2. The number of nitrogens with zero attached hydrogens (tertiary/aromatic N) is 2. The number of hydrogen-bond acceptors (Lipinski definition) is 3. The van der Waals surface area contributed by atoms with Gasteiger partial charge >= 0.3 is 0 Å². The van der Waals surface area contributed by atoms with Crippen molar-refractivity contribution in [2.45, 2.75) is 13.5 Å². The average molecular weight is 288 g/mol. The zero-order valence-corrected chi connectivity index (χ0v) is 11.5. The van der Waals surface area contributed by atoms with E-state index in [0.29, 0.717) is 30.3 Å². The molecule has 3 aromatic rings. The predicted molar refractivity (Wildman–Crippen MR) is 77.1 cm³/mol. The highest BCUT2D eigenvalue weighted by Gasteiger charge is 2.12. The molecule has 3 nitrogen and oxygen atoms in total. The van der Waals surface area contributed by atoms with Crippen molar-refractivity contribution in [3.8, 4) is 0 Å². The van der Waals surface area contributed by atoms with Gasteiger partial charge < -0.3 is 9.32 Å². The van der Waals surface area contributed by atoms with Crippen molar-refractivity contribution in [2.75, 3.05) is 11.4 Å². The summed E-state index contributed by atoms with van der Waals surface area (Å²) in [4.78, 5) is 6.26. The van der Waals surface area contributed by atoms with Crippen molar-refractivity contribution < 1.29 is 13.2 Å². The van der Waals surface area contributed by atoms with E-state index in [9.17, 15) is 8.78 Å². The molecule has 108 valence electrons. The molecule has 21 heavy (non-hydrogen) atoms. The van der Waals surface area contributed by atoms with E-state index in [0.717, 1.165) is 11.6 Å². The lowest BCUT2D eigenvalue weighted by atomic mass is 10.2. The fourth-order valence-electron chi connectivity index (χ4n) is 2.22. The first-order valence-electron chi connectivity index (χ1n) is 6.72. The SMILES string of the molecule is CCN(Cc1nc2ccccc2o1)c1ccc(F)c(F)c1. The molecule has 0 aliphatic rings. The summed E-state index contributed by atoms with van der Waals surface area (Å²) in [7, 11) is 0. The van der Waals surface area contributed by atoms with Crippen LogP contribution in [0, 0.1) is 11.6 Å². The lowest BCUT2D eigenvalue weighted by Crippen LogP contribution is -2.22. The Bertz CT molecular complexity index is 737. The van der Waals surface area contributed by atoms with Crippen molar-refractivity contribution in [2.24, 2.45) is 0 Å². The number of rotatable bonds is 4. The molecule has 0 aliphatic carbocycles. The monoisotopic (exact) mass is 288 g/mol. The Morgan fingerprint density at radius 2 is 1.90 bits per heavy atom. The van der Waals surface area contributed by atoms with Gasteiger partial charge in [-0.05, 0) is 31.2 Å². The molecule has 0 unspecified atom stereocenters. The molecule has 1 aromatic heterocycles. The van der Waals surface area contributed by atoms with Crippen LogP contribution in [-0.4, -0.2) is 11.5 Å². The molecule has 0 saturated carbocycles. The van der Waals surface area contributed by atoms with E-state index in [-0.39, 0.29) is 0 Å². The summed E-state index contributed by atoms with van der Waals surface area (Å²) in [6.07, 6.45) is 0. The van der Waals surface area contributed by atoms with Crippen molar-refractivity contribution in [3.05, 3.63) is 60.0 Å². The van der Waals surface area contributed by atoms with Crippen molar-refractivity contribution in [1.29, 1.82) is 0 Å². The minimum Gasteiger partial charge on any atom is -0.439 e. The molecule has 0 saturated heterocycles. The smallest absolute Gasteiger partial charge is 0.215 e. The lowest BCUT2D eigenvalue weighted by Gasteiger charge is -2.21. The molecule has 3 rings (SSSR count). The molecule has 5 heteroatoms. The quantitative estimate of drug-likeness (QED) is 0.722. The fourth-order valence-corrected chi connectivity index (χ4v) is 2.22. The highest BCUT2D eigenvalue weighted by Crippen LogP contribution is 2.21. The summed E-state index contributed by atoms with van der Waals surface area (Å²) >= 11 is 0. The van der Waals surface area contributed by atoms with Gasteiger partial charge in [0.05, 0.1) is 6.54 Å². The minimum absolute atomic E-state index is 0.399. The van der Waals surface area contributed by atoms with Gasteiger partial charge in [0.25, 0.3) is 0 Å². The van der Waals surface area contributed by atoms with Crippen LogP contribution >= 0.6 is 0 Å². The number of halogens is 2. The number of oxazole rings is 1. The molecule has 1 heterocycles. The van der Waals surface area contributed by atoms with Gasteiger partial charge in [-0.1, -0.05) is 12.1 Å². The Morgan fingerprint density at radius 3 is 2.62 bits per heavy atom. The Labute approximate surface area is 120 Å². The highest BCUT2D eigenvalue weighted by molar-refractivity contribution is 5.72. The molecule has 0 aliphatic heterocycles. The van der Waals surface area contributed by atoms with Crippen LogP contribution in [0.4, 0.5) is 14.5 Å². The van der Waals surface area contributed by atoms with Gasteiger partial charge in [0.1, 0.15) is 5.52 Å². The predicted octanol–water partition coefficient (Wildman–Crippen LogP) is 4.13. The van der Waals surface area contributed by atoms with Crippen LogP contribution < -0.4 is 4.90 Å². The molecule has 0 N–H and O–H groups in total. The molecule has 0 atom stereocenters. The summed E-state index contributed by atoms with van der Waals surface area (Å²) in [5.41, 5.74) is 2.10. The van der Waals surface area contributed by atoms with Crippen LogP contribution in [0.15, 0.2) is 46.9 Å². The van der Waals surface area contributed by atoms with E-state index >= 15 is 0 Å². The first-order valence-corrected chi connectivity index (χ1v) is 6.72. The third-order valence-electron chi connectivity index (χ3n) is 3.31. The molecular formula is C16H14F2N2O. The molecule has 0 bridgehead atoms. The maximum absolute atomic E-state index is 13.3. The first-order chi connectivity index (χ1) is 10.2. The van der Waals surface area contributed by atoms with Gasteiger partial charge in [-0.2, -0.15) is 0 Å². The highest BCUT2D eigenvalue weighted by atomic mass is 19.2. The van der Waals surface area contributed by atoms with Crippen LogP contribution in [-0.2, 0) is 6.54 Å². The summed E-state index contributed by atoms with van der Waals surface area (Å²) in [5, 5.41) is 0. The van der Waals surface area contributed by atoms with E-state index in [1.807, 2.05) is 36.1 Å². The van der Waals surface area contributed by atoms with Crippen molar-refractivity contribution in [3.63, 3.8) is 0 Å². The maximum atomic E-state index is 13.3. The van der Waals surface area contributed by atoms with Gasteiger partial charge in [-0.15, -0.1) is 0 Å². The Morgan fingerprint density at radius 1 is 1.10 bits per heavy atom. The number of fused-ring (bicyclic) bond motifs is 1. The molecular weight excluding hydrogens is 274 g/mol. The van der Waals surface area contributed by atoms with Gasteiger partial charge in [0.15, 0.2) is 17.2 Å². The lowest BCUT2D eigenvalue weighted by molar-refractivity contribution is 0.505. The van der Waals surface area contributed by atoms with Gasteiger partial charge in [-0.3, -0.25) is 0 Å². The van der Waals surface area contributed by atoms with Crippen LogP contribution in [0.3, 0.4) is 0 Å². The van der Waals surface area contributed by atoms with Crippen LogP contribution in [0.25, 0.3) is 11.1 Å². The topological polar surface area (TPSA) is 29.3 Å². The van der Waals surface area contributed by atoms with Crippen LogP contribution in [0.5, 0.6) is 0 Å². The van der Waals surface area contributed by atoms with Crippen LogP contribution in [0.1, 0.15) is 12.8 Å². The summed E-state index contributed by atoms with van der Waals surface area (Å²) in [6.45, 7) is 2.96. The summed E-state index contributed by atoms with van der Waals surface area (Å²) in [6, 6.07) is 11.3. The number of hydrogen-bond donors (Lipinski definition) is 0. The van der Waals surface area contributed by atoms with E-state index in [1.165, 1.54) is 6.07 Å². The first kappa shape index (κ1) is 13.5. The largest absolute Gasteiger partial charge is 0.439 e. The second kappa shape index (κ2) is 5.52. The fraction of sp³-hybridized carbons (Fsp3) is 0.188. The van der Waals surface area contributed by atoms with E-state index in [2.05, 4.69) is 4.98 Å².